The van der Waals surface area contributed by atoms with Gasteiger partial charge in [-0.25, -0.2) is 29.3 Å². The van der Waals surface area contributed by atoms with Crippen molar-refractivity contribution in [3.63, 3.8) is 0 Å². The van der Waals surface area contributed by atoms with E-state index < -0.39 is 0 Å². The molecule has 3 aliphatic heterocycles. The van der Waals surface area contributed by atoms with Crippen LogP contribution in [0.1, 0.15) is 114 Å². The number of H-pyrrole nitrogens is 3. The number of ether oxygens (including phenoxy) is 9. The number of methoxy groups -OCH3 is 3. The van der Waals surface area contributed by atoms with Crippen LogP contribution < -0.4 is 19.5 Å². The Bertz CT molecular complexity index is 4820. The molecule has 3 aliphatic rings. The van der Waals surface area contributed by atoms with Crippen LogP contribution in [-0.2, 0) is 67.3 Å². The van der Waals surface area contributed by atoms with Crippen LogP contribution >= 0.6 is 34.8 Å². The first-order valence-electron chi connectivity index (χ1n) is 39.2. The predicted molar refractivity (Wildman–Crippen MR) is 442 cm³/mol. The molecular weight excluding hydrogens is 1530 g/mol. The normalized spacial score (nSPS) is 15.0. The van der Waals surface area contributed by atoms with Gasteiger partial charge in [0.25, 0.3) is 0 Å². The summed E-state index contributed by atoms with van der Waals surface area (Å²) in [5.74, 6) is 2.41. The molecule has 26 nitrogen and oxygen atoms in total. The Labute approximate surface area is 683 Å². The Morgan fingerprint density at radius 1 is 0.417 bits per heavy atom. The molecule has 15 rings (SSSR count). The number of rotatable bonds is 34. The number of fused-ring (bicyclic) bond motifs is 9. The zero-order valence-electron chi connectivity index (χ0n) is 65.1. The SMILES string of the molecule is COCCOC(=O)N1CCc2c([nH]c3ccc(Cl)cc23)C1c1ccc(OCCCCNCCCn2ccnc2)cc1.COCCOC(=O)N1CCc2c([nH]c3ccc(Cl)cc23)C1c1ccc(OCCCCn2ccnc2)cc1.COCCOC(=O)N1CCc2c([nH]c3ccc(Cl)cc23)C1c1ccc(OCCCCn2cncn2)cc1. The smallest absolute Gasteiger partial charge is 0.410 e. The molecule has 0 fully saturated rings. The van der Waals surface area contributed by atoms with E-state index >= 15 is 0 Å². The molecule has 0 spiro atoms. The third-order valence-corrected chi connectivity index (χ3v) is 21.3. The van der Waals surface area contributed by atoms with E-state index in [1.165, 1.54) is 16.7 Å². The van der Waals surface area contributed by atoms with Crippen LogP contribution in [0.3, 0.4) is 0 Å². The number of hydrogen-bond acceptors (Lipinski definition) is 17. The second kappa shape index (κ2) is 41.6. The number of aromatic nitrogens is 10. The number of benzene rings is 6. The van der Waals surface area contributed by atoms with Crippen LogP contribution in [0.5, 0.6) is 17.2 Å². The number of halogens is 3. The minimum atomic E-state index is -0.364. The van der Waals surface area contributed by atoms with Crippen molar-refractivity contribution >= 4 is 85.8 Å². The molecule has 29 heteroatoms. The van der Waals surface area contributed by atoms with Gasteiger partial charge in [-0.05, 0) is 202 Å². The fourth-order valence-corrected chi connectivity index (χ4v) is 15.4. The maximum atomic E-state index is 13.1. The lowest BCUT2D eigenvalue weighted by molar-refractivity contribution is 0.0626. The maximum Gasteiger partial charge on any atom is 0.410 e. The quantitative estimate of drug-likeness (QED) is 0.0216. The van der Waals surface area contributed by atoms with Crippen molar-refractivity contribution in [2.24, 2.45) is 0 Å². The molecule has 3 unspecified atom stereocenters. The summed E-state index contributed by atoms with van der Waals surface area (Å²) in [7, 11) is 4.76. The van der Waals surface area contributed by atoms with Crippen LogP contribution in [0.15, 0.2) is 177 Å². The highest BCUT2D eigenvalue weighted by Gasteiger charge is 2.39. The summed E-state index contributed by atoms with van der Waals surface area (Å²) in [4.78, 5) is 67.3. The van der Waals surface area contributed by atoms with Gasteiger partial charge in [-0.15, -0.1) is 0 Å². The molecule has 3 amide bonds. The summed E-state index contributed by atoms with van der Waals surface area (Å²) in [6.45, 7) is 9.91. The minimum Gasteiger partial charge on any atom is -0.494 e. The summed E-state index contributed by atoms with van der Waals surface area (Å²) < 4.78 is 55.6. The van der Waals surface area contributed by atoms with Crippen molar-refractivity contribution in [3.8, 4) is 17.2 Å². The molecule has 3 atom stereocenters. The number of hydrogen-bond donors (Lipinski definition) is 4. The van der Waals surface area contributed by atoms with E-state index in [1.54, 1.807) is 54.9 Å². The first-order chi connectivity index (χ1) is 56.4. The van der Waals surface area contributed by atoms with E-state index in [0.717, 1.165) is 161 Å². The van der Waals surface area contributed by atoms with E-state index in [1.807, 2.05) is 163 Å². The van der Waals surface area contributed by atoms with Gasteiger partial charge in [0, 0.05) is 150 Å². The van der Waals surface area contributed by atoms with Crippen LogP contribution in [0.4, 0.5) is 14.4 Å². The lowest BCUT2D eigenvalue weighted by atomic mass is 9.92. The molecule has 6 aromatic carbocycles. The highest BCUT2D eigenvalue weighted by atomic mass is 35.5. The van der Waals surface area contributed by atoms with E-state index in [0.29, 0.717) is 93.6 Å². The van der Waals surface area contributed by atoms with Gasteiger partial charge >= 0.3 is 18.3 Å². The Hall–Kier alpha value is -10.6. The Morgan fingerprint density at radius 3 is 1.14 bits per heavy atom. The van der Waals surface area contributed by atoms with E-state index in [2.05, 4.69) is 49.5 Å². The number of amides is 3. The number of nitrogens with one attached hydrogen (secondary N) is 4. The molecule has 12 aromatic rings. The predicted octanol–water partition coefficient (Wildman–Crippen LogP) is 16.2. The third kappa shape index (κ3) is 21.7. The van der Waals surface area contributed by atoms with Gasteiger partial charge in [0.05, 0.1) is 52.3 Å². The number of nitrogens with zero attached hydrogens (tertiary/aromatic N) is 10. The number of aryl methyl sites for hydroxylation is 3. The second-order valence-electron chi connectivity index (χ2n) is 28.2. The number of unbranched alkanes of at least 4 members (excludes halogenated alkanes) is 3. The van der Waals surface area contributed by atoms with Crippen molar-refractivity contribution in [1.82, 2.24) is 68.8 Å². The van der Waals surface area contributed by atoms with Gasteiger partial charge in [-0.2, -0.15) is 5.10 Å². The molecule has 0 saturated heterocycles. The summed E-state index contributed by atoms with van der Waals surface area (Å²) in [5.41, 5.74) is 12.4. The van der Waals surface area contributed by atoms with Crippen LogP contribution in [0.25, 0.3) is 32.7 Å². The first-order valence-corrected chi connectivity index (χ1v) is 40.3. The van der Waals surface area contributed by atoms with Gasteiger partial charge in [0.1, 0.15) is 67.8 Å². The van der Waals surface area contributed by atoms with Gasteiger partial charge in [0.15, 0.2) is 0 Å². The average molecular weight is 1630 g/mol. The molecule has 9 heterocycles. The van der Waals surface area contributed by atoms with Crippen LogP contribution in [-0.4, -0.2) is 195 Å². The van der Waals surface area contributed by atoms with E-state index in [9.17, 15) is 14.4 Å². The maximum absolute atomic E-state index is 13.1. The van der Waals surface area contributed by atoms with Crippen molar-refractivity contribution in [2.45, 2.75) is 102 Å². The molecule has 6 aromatic heterocycles. The van der Waals surface area contributed by atoms with Gasteiger partial charge in [0.2, 0.25) is 0 Å². The minimum absolute atomic E-state index is 0.206. The first kappa shape index (κ1) is 82.4. The number of imidazole rings is 2. The highest BCUT2D eigenvalue weighted by molar-refractivity contribution is 6.32. The third-order valence-electron chi connectivity index (χ3n) is 20.6. The van der Waals surface area contributed by atoms with Crippen molar-refractivity contribution in [2.75, 3.05) is 114 Å². The van der Waals surface area contributed by atoms with Crippen molar-refractivity contribution in [1.29, 1.82) is 0 Å². The molecule has 4 N–H and O–H groups in total. The van der Waals surface area contributed by atoms with Crippen LogP contribution in [0.2, 0.25) is 15.1 Å². The molecular formula is C86H99Cl3N14O12. The van der Waals surface area contributed by atoms with Gasteiger partial charge < -0.3 is 72.0 Å². The lowest BCUT2D eigenvalue weighted by Gasteiger charge is -2.35. The van der Waals surface area contributed by atoms with Gasteiger partial charge in [-0.3, -0.25) is 19.4 Å². The van der Waals surface area contributed by atoms with Crippen LogP contribution in [0, 0.1) is 0 Å². The molecule has 606 valence electrons. The molecule has 0 radical (unpaired) electrons. The molecule has 0 aliphatic carbocycles. The van der Waals surface area contributed by atoms with Crippen molar-refractivity contribution < 1.29 is 57.0 Å². The lowest BCUT2D eigenvalue weighted by Crippen LogP contribution is -2.41. The topological polar surface area (TPSA) is 270 Å². The Balaban J connectivity index is 0.000000151. The number of carbonyl (C=O) groups is 3. The Kier molecular flexibility index (Phi) is 29.8. The summed E-state index contributed by atoms with van der Waals surface area (Å²) in [5, 5.41) is 13.0. The second-order valence-corrected chi connectivity index (χ2v) is 29.5. The largest absolute Gasteiger partial charge is 0.494 e. The summed E-state index contributed by atoms with van der Waals surface area (Å²) in [6, 6.07) is 40.5. The Morgan fingerprint density at radius 2 is 0.783 bits per heavy atom. The highest BCUT2D eigenvalue weighted by Crippen LogP contribution is 2.44. The summed E-state index contributed by atoms with van der Waals surface area (Å²) in [6.07, 6.45) is 22.5. The standard InChI is InChI=1S/C31H38ClN5O4.C28H31ClN4O4.C27H30ClN5O4/c1-39-19-20-41-31(38)37-16-11-26-27-21-24(32)7-10-28(27)35-29(26)30(37)23-5-8-25(9-6-23)40-18-3-2-12-33-13-4-15-36-17-14-34-22-36;1-35-16-17-37-28(34)33-13-10-23-24-18-21(29)6-9-25(24)31-26(23)27(33)20-4-7-22(8-5-20)36-15-3-2-12-32-14-11-30-19-32;1-35-14-15-37-27(34)33-12-10-22-23-16-20(28)6-9-24(23)31-25(22)26(33)19-4-7-21(8-5-19)36-13-3-2-11-32-18-29-17-30-32/h5-10,14,17,21-22,30,33,35H,2-4,11-13,15-16,18-20H2,1H3;4-9,11,14,18-19,27,31H,2-3,10,12-13,15-17H2,1H3;4-9,16-18,26,31H,2-3,10-15H2,1H3. The monoisotopic (exact) mass is 1620 g/mol. The number of aromatic amines is 3. The fourth-order valence-electron chi connectivity index (χ4n) is 14.9. The van der Waals surface area contributed by atoms with E-state index in [4.69, 9.17) is 77.4 Å². The summed E-state index contributed by atoms with van der Waals surface area (Å²) >= 11 is 18.9. The molecule has 0 saturated carbocycles. The average Bonchev–Trinajstić information content (AvgIpc) is 1.63. The van der Waals surface area contributed by atoms with Crippen molar-refractivity contribution in [3.05, 3.63) is 243 Å². The molecule has 0 bridgehead atoms. The number of carbonyl (C=O) groups excluding carboxylic acids is 3. The fraction of sp³-hybridized carbons (Fsp3) is 0.384. The zero-order chi connectivity index (χ0) is 79.7. The zero-order valence-corrected chi connectivity index (χ0v) is 67.3. The molecule has 115 heavy (non-hydrogen) atoms. The van der Waals surface area contributed by atoms with E-state index in [-0.39, 0.29) is 56.2 Å². The van der Waals surface area contributed by atoms with Gasteiger partial charge in [-0.1, -0.05) is 71.2 Å².